The first-order valence-electron chi connectivity index (χ1n) is 20.5. The van der Waals surface area contributed by atoms with Crippen LogP contribution in [0.3, 0.4) is 0 Å². The predicted molar refractivity (Wildman–Crippen MR) is 224 cm³/mol. The van der Waals surface area contributed by atoms with Crippen molar-refractivity contribution < 1.29 is 0 Å². The molecule has 1 heteroatoms. The molecule has 6 aromatic rings. The van der Waals surface area contributed by atoms with Gasteiger partial charge in [0.05, 0.1) is 5.69 Å². The molecule has 53 heavy (non-hydrogen) atoms. The maximum Gasteiger partial charge on any atom is 0.0543 e. The Labute approximate surface area is 316 Å². The fraction of sp³-hybridized carbons (Fsp3) is 0.308. The molecular weight excluding hydrogens is 639 g/mol. The summed E-state index contributed by atoms with van der Waals surface area (Å²) in [5.41, 5.74) is 17.2. The molecule has 3 unspecified atom stereocenters. The van der Waals surface area contributed by atoms with Gasteiger partial charge in [-0.15, -0.1) is 0 Å². The summed E-state index contributed by atoms with van der Waals surface area (Å²) in [6.45, 7) is 4.82. The van der Waals surface area contributed by atoms with Gasteiger partial charge in [0.1, 0.15) is 0 Å². The third-order valence-electron chi connectivity index (χ3n) is 13.8. The predicted octanol–water partition coefficient (Wildman–Crippen LogP) is 14.7. The van der Waals surface area contributed by atoms with E-state index in [0.29, 0.717) is 5.92 Å². The minimum absolute atomic E-state index is 0.141. The molecule has 2 bridgehead atoms. The smallest absolute Gasteiger partial charge is 0.0543 e. The van der Waals surface area contributed by atoms with Crippen LogP contribution in [-0.2, 0) is 5.41 Å². The number of anilines is 3. The molecule has 0 spiro atoms. The average molecular weight is 690 g/mol. The van der Waals surface area contributed by atoms with Gasteiger partial charge >= 0.3 is 0 Å². The summed E-state index contributed by atoms with van der Waals surface area (Å²) in [4.78, 5) is 2.52. The maximum atomic E-state index is 2.52. The van der Waals surface area contributed by atoms with E-state index in [2.05, 4.69) is 158 Å². The molecule has 0 aromatic heterocycles. The largest absolute Gasteiger partial charge is 0.310 e. The highest BCUT2D eigenvalue weighted by atomic mass is 15.1. The fourth-order valence-corrected chi connectivity index (χ4v) is 11.1. The van der Waals surface area contributed by atoms with Crippen molar-refractivity contribution in [2.24, 2.45) is 11.8 Å². The Kier molecular flexibility index (Phi) is 8.16. The number of fused-ring (bicyclic) bond motifs is 5. The van der Waals surface area contributed by atoms with Gasteiger partial charge < -0.3 is 4.90 Å². The van der Waals surface area contributed by atoms with Gasteiger partial charge in [0.2, 0.25) is 0 Å². The first kappa shape index (κ1) is 32.7. The number of rotatable bonds is 7. The van der Waals surface area contributed by atoms with Gasteiger partial charge in [-0.25, -0.2) is 0 Å². The Balaban J connectivity index is 1.08. The second-order valence-corrected chi connectivity index (χ2v) is 17.1. The molecule has 0 amide bonds. The van der Waals surface area contributed by atoms with Gasteiger partial charge in [0.25, 0.3) is 0 Å². The van der Waals surface area contributed by atoms with Crippen LogP contribution in [0.5, 0.6) is 0 Å². The van der Waals surface area contributed by atoms with Crippen molar-refractivity contribution in [1.82, 2.24) is 0 Å². The van der Waals surface area contributed by atoms with E-state index in [1.54, 1.807) is 5.56 Å². The molecule has 6 aromatic carbocycles. The van der Waals surface area contributed by atoms with Gasteiger partial charge in [-0.3, -0.25) is 0 Å². The van der Waals surface area contributed by atoms with Crippen LogP contribution in [-0.4, -0.2) is 0 Å². The first-order chi connectivity index (χ1) is 26.0. The quantitative estimate of drug-likeness (QED) is 0.161. The van der Waals surface area contributed by atoms with Gasteiger partial charge in [-0.05, 0) is 136 Å². The van der Waals surface area contributed by atoms with Crippen LogP contribution in [0.15, 0.2) is 140 Å². The van der Waals surface area contributed by atoms with Gasteiger partial charge in [0, 0.05) is 22.4 Å². The minimum Gasteiger partial charge on any atom is -0.310 e. The highest BCUT2D eigenvalue weighted by Crippen LogP contribution is 2.56. The Morgan fingerprint density at radius 2 is 1.15 bits per heavy atom. The van der Waals surface area contributed by atoms with Gasteiger partial charge in [-0.1, -0.05) is 149 Å². The van der Waals surface area contributed by atoms with E-state index < -0.39 is 0 Å². The van der Waals surface area contributed by atoms with Crippen LogP contribution in [0.1, 0.15) is 106 Å². The molecule has 0 N–H and O–H groups in total. The lowest BCUT2D eigenvalue weighted by Crippen LogP contribution is -2.19. The van der Waals surface area contributed by atoms with Crippen molar-refractivity contribution in [2.75, 3.05) is 4.90 Å². The van der Waals surface area contributed by atoms with Crippen LogP contribution in [0.4, 0.5) is 17.1 Å². The molecule has 3 atom stereocenters. The molecule has 0 radical (unpaired) electrons. The molecule has 264 valence electrons. The fourth-order valence-electron chi connectivity index (χ4n) is 11.1. The lowest BCUT2D eigenvalue weighted by atomic mass is 9.78. The molecule has 0 heterocycles. The zero-order valence-electron chi connectivity index (χ0n) is 31.4. The number of nitrogens with zero attached hydrogens (tertiary/aromatic N) is 1. The van der Waals surface area contributed by atoms with E-state index in [-0.39, 0.29) is 5.41 Å². The maximum absolute atomic E-state index is 2.52. The van der Waals surface area contributed by atoms with Crippen molar-refractivity contribution in [3.63, 3.8) is 0 Å². The topological polar surface area (TPSA) is 3.24 Å². The zero-order valence-corrected chi connectivity index (χ0v) is 31.4. The summed E-state index contributed by atoms with van der Waals surface area (Å²) in [5, 5.41) is 0. The standard InChI is InChI=1S/C52H51N/c1-52(2)48-16-10-9-15-45(48)46-31-32-49(50(51(46)52)41-13-7-4-8-14-41)53(43-27-23-38(24-28-43)36-11-5-3-6-12-36)44-29-25-39(26-30-44)37-19-21-40(22-20-37)47-34-35-17-18-42(47)33-35/h4,7-10,13-16,19-32,35-36,42,47H,3,5-6,11-12,17-18,33-34H2,1-2H3. The first-order valence-corrected chi connectivity index (χ1v) is 20.5. The molecule has 0 aliphatic heterocycles. The van der Waals surface area contributed by atoms with Crippen LogP contribution < -0.4 is 4.90 Å². The third-order valence-corrected chi connectivity index (χ3v) is 13.8. The van der Waals surface area contributed by atoms with Crippen molar-refractivity contribution in [1.29, 1.82) is 0 Å². The summed E-state index contributed by atoms with van der Waals surface area (Å²) in [6.07, 6.45) is 12.4. The Morgan fingerprint density at radius 1 is 0.509 bits per heavy atom. The van der Waals surface area contributed by atoms with Crippen LogP contribution in [0.25, 0.3) is 33.4 Å². The zero-order chi connectivity index (χ0) is 35.5. The SMILES string of the molecule is CC1(C)c2ccccc2-c2ccc(N(c3ccc(-c4ccc(C5CC6CCC5C6)cc4)cc3)c3ccc(C4CCCCC4)cc3)c(-c3ccccc3)c21. The highest BCUT2D eigenvalue weighted by molar-refractivity contribution is 5.97. The van der Waals surface area contributed by atoms with Crippen LogP contribution >= 0.6 is 0 Å². The molecule has 3 fully saturated rings. The summed E-state index contributed by atoms with van der Waals surface area (Å²) in [7, 11) is 0. The minimum atomic E-state index is -0.141. The number of hydrogen-bond donors (Lipinski definition) is 0. The summed E-state index contributed by atoms with van der Waals surface area (Å²) in [5.74, 6) is 3.33. The average Bonchev–Trinajstić information content (AvgIpc) is 3.92. The van der Waals surface area contributed by atoms with E-state index in [0.717, 1.165) is 17.8 Å². The van der Waals surface area contributed by atoms with Gasteiger partial charge in [0.15, 0.2) is 0 Å². The van der Waals surface area contributed by atoms with Crippen molar-refractivity contribution in [3.8, 4) is 33.4 Å². The monoisotopic (exact) mass is 689 g/mol. The normalized spacial score (nSPS) is 21.4. The van der Waals surface area contributed by atoms with Crippen LogP contribution in [0, 0.1) is 11.8 Å². The second-order valence-electron chi connectivity index (χ2n) is 17.1. The van der Waals surface area contributed by atoms with Gasteiger partial charge in [-0.2, -0.15) is 0 Å². The van der Waals surface area contributed by atoms with E-state index in [4.69, 9.17) is 0 Å². The van der Waals surface area contributed by atoms with E-state index in [9.17, 15) is 0 Å². The number of hydrogen-bond acceptors (Lipinski definition) is 1. The summed E-state index contributed by atoms with van der Waals surface area (Å²) in [6, 6.07) is 53.4. The lowest BCUT2D eigenvalue weighted by Gasteiger charge is -2.32. The molecule has 4 aliphatic rings. The number of benzene rings is 6. The molecule has 0 saturated heterocycles. The highest BCUT2D eigenvalue weighted by Gasteiger charge is 2.41. The van der Waals surface area contributed by atoms with Crippen molar-refractivity contribution in [3.05, 3.63) is 162 Å². The Bertz CT molecular complexity index is 2240. The van der Waals surface area contributed by atoms with Crippen molar-refractivity contribution in [2.45, 2.75) is 88.9 Å². The molecule has 10 rings (SSSR count). The molecule has 4 aliphatic carbocycles. The molecule has 1 nitrogen and oxygen atoms in total. The van der Waals surface area contributed by atoms with Crippen LogP contribution in [0.2, 0.25) is 0 Å². The second kappa shape index (κ2) is 13.2. The van der Waals surface area contributed by atoms with Crippen molar-refractivity contribution >= 4 is 17.1 Å². The van der Waals surface area contributed by atoms with E-state index in [1.807, 2.05) is 0 Å². The Hall–Kier alpha value is -4.88. The molecule has 3 saturated carbocycles. The third kappa shape index (κ3) is 5.67. The summed E-state index contributed by atoms with van der Waals surface area (Å²) < 4.78 is 0. The molecular formula is C52H51N. The van der Waals surface area contributed by atoms with E-state index in [1.165, 1.54) is 125 Å². The lowest BCUT2D eigenvalue weighted by molar-refractivity contribution is 0.420. The van der Waals surface area contributed by atoms with E-state index >= 15 is 0 Å². The Morgan fingerprint density at radius 3 is 1.83 bits per heavy atom. The summed E-state index contributed by atoms with van der Waals surface area (Å²) >= 11 is 0.